The molecule has 1 amide bonds. The van der Waals surface area contributed by atoms with Gasteiger partial charge in [0.2, 0.25) is 0 Å². The van der Waals surface area contributed by atoms with Gasteiger partial charge in [0.05, 0.1) is 22.4 Å². The van der Waals surface area contributed by atoms with Gasteiger partial charge in [-0.1, -0.05) is 6.92 Å². The van der Waals surface area contributed by atoms with Gasteiger partial charge in [-0.15, -0.1) is 0 Å². The highest BCUT2D eigenvalue weighted by molar-refractivity contribution is 5.97. The van der Waals surface area contributed by atoms with Crippen LogP contribution in [0, 0.1) is 17.7 Å². The highest BCUT2D eigenvalue weighted by atomic mass is 19.1. The number of aliphatic hydroxyl groups is 1. The van der Waals surface area contributed by atoms with Crippen LogP contribution in [-0.2, 0) is 0 Å². The van der Waals surface area contributed by atoms with Crippen LogP contribution < -0.4 is 10.2 Å². The summed E-state index contributed by atoms with van der Waals surface area (Å²) >= 11 is 0. The zero-order chi connectivity index (χ0) is 20.8. The molecule has 1 aliphatic heterocycles. The first-order valence-corrected chi connectivity index (χ1v) is 10.6. The molecule has 2 aromatic rings. The summed E-state index contributed by atoms with van der Waals surface area (Å²) in [5, 5.41) is 13.9. The number of nitrogens with one attached hydrogen (secondary N) is 1. The van der Waals surface area contributed by atoms with Crippen LogP contribution in [0.5, 0.6) is 0 Å². The summed E-state index contributed by atoms with van der Waals surface area (Å²) in [4.78, 5) is 19.1. The van der Waals surface area contributed by atoms with Crippen molar-refractivity contribution in [1.29, 1.82) is 0 Å². The molecule has 4 rings (SSSR count). The van der Waals surface area contributed by atoms with E-state index in [0.29, 0.717) is 28.1 Å². The van der Waals surface area contributed by atoms with Gasteiger partial charge >= 0.3 is 0 Å². The molecular weight excluding hydrogens is 369 g/mol. The lowest BCUT2D eigenvalue weighted by Gasteiger charge is -2.39. The Morgan fingerprint density at radius 1 is 1.21 bits per heavy atom. The lowest BCUT2D eigenvalue weighted by atomic mass is 9.77. The van der Waals surface area contributed by atoms with E-state index in [9.17, 15) is 14.3 Å². The number of benzene rings is 1. The maximum absolute atomic E-state index is 14.6. The summed E-state index contributed by atoms with van der Waals surface area (Å²) in [7, 11) is 0. The number of aromatic nitrogens is 1. The van der Waals surface area contributed by atoms with Crippen molar-refractivity contribution in [2.75, 3.05) is 18.0 Å². The van der Waals surface area contributed by atoms with Crippen LogP contribution in [0.25, 0.3) is 10.9 Å². The SMILES string of the molecule is CC1CN(c2cc3ncc(C(=O)N[C@H]4CC[C@H](C(C)(C)O)CC4)cc3cc2F)C1. The van der Waals surface area contributed by atoms with Gasteiger partial charge in [0, 0.05) is 30.7 Å². The number of halogens is 1. The Balaban J connectivity index is 1.44. The molecule has 5 nitrogen and oxygen atoms in total. The Labute approximate surface area is 171 Å². The summed E-state index contributed by atoms with van der Waals surface area (Å²) in [6, 6.07) is 5.07. The molecule has 0 bridgehead atoms. The molecule has 2 heterocycles. The van der Waals surface area contributed by atoms with Gasteiger partial charge in [0.15, 0.2) is 0 Å². The first-order chi connectivity index (χ1) is 13.7. The third kappa shape index (κ3) is 4.22. The number of nitrogens with zero attached hydrogens (tertiary/aromatic N) is 2. The van der Waals surface area contributed by atoms with Crippen molar-refractivity contribution >= 4 is 22.5 Å². The van der Waals surface area contributed by atoms with Crippen molar-refractivity contribution in [3.63, 3.8) is 0 Å². The summed E-state index contributed by atoms with van der Waals surface area (Å²) in [6.45, 7) is 7.57. The number of anilines is 1. The summed E-state index contributed by atoms with van der Waals surface area (Å²) in [6.07, 6.45) is 5.07. The van der Waals surface area contributed by atoms with E-state index in [-0.39, 0.29) is 23.7 Å². The zero-order valence-electron chi connectivity index (χ0n) is 17.4. The molecule has 0 unspecified atom stereocenters. The summed E-state index contributed by atoms with van der Waals surface area (Å²) in [5.74, 6) is 0.410. The molecule has 1 saturated carbocycles. The largest absolute Gasteiger partial charge is 0.390 e. The molecule has 0 spiro atoms. The van der Waals surface area contributed by atoms with Gasteiger partial charge in [-0.25, -0.2) is 4.39 Å². The first-order valence-electron chi connectivity index (χ1n) is 10.6. The lowest BCUT2D eigenvalue weighted by molar-refractivity contribution is -0.00257. The third-order valence-electron chi connectivity index (χ3n) is 6.48. The van der Waals surface area contributed by atoms with E-state index >= 15 is 0 Å². The van der Waals surface area contributed by atoms with Crippen LogP contribution in [0.15, 0.2) is 24.4 Å². The van der Waals surface area contributed by atoms with Crippen molar-refractivity contribution in [1.82, 2.24) is 10.3 Å². The maximum Gasteiger partial charge on any atom is 0.253 e. The highest BCUT2D eigenvalue weighted by Gasteiger charge is 2.32. The van der Waals surface area contributed by atoms with Gasteiger partial charge in [-0.05, 0) is 69.6 Å². The number of amides is 1. The second-order valence-corrected chi connectivity index (χ2v) is 9.41. The van der Waals surface area contributed by atoms with Crippen molar-refractivity contribution in [3.05, 3.63) is 35.8 Å². The molecule has 2 N–H and O–H groups in total. The molecule has 29 heavy (non-hydrogen) atoms. The Bertz CT molecular complexity index is 910. The van der Waals surface area contributed by atoms with E-state index in [4.69, 9.17) is 0 Å². The van der Waals surface area contributed by atoms with Crippen molar-refractivity contribution in [2.45, 2.75) is 58.1 Å². The first kappa shape index (κ1) is 20.1. The number of hydrogen-bond acceptors (Lipinski definition) is 4. The zero-order valence-corrected chi connectivity index (χ0v) is 17.4. The Hall–Kier alpha value is -2.21. The molecule has 156 valence electrons. The maximum atomic E-state index is 14.6. The molecule has 1 aromatic carbocycles. The van der Waals surface area contributed by atoms with Crippen LogP contribution in [0.4, 0.5) is 10.1 Å². The molecule has 6 heteroatoms. The predicted octanol–water partition coefficient (Wildman–Crippen LogP) is 3.89. The second kappa shape index (κ2) is 7.56. The normalized spacial score (nSPS) is 23.1. The number of hydrogen-bond donors (Lipinski definition) is 2. The topological polar surface area (TPSA) is 65.5 Å². The van der Waals surface area contributed by atoms with Crippen molar-refractivity contribution < 1.29 is 14.3 Å². The summed E-state index contributed by atoms with van der Waals surface area (Å²) in [5.41, 5.74) is 1.06. The molecule has 1 aromatic heterocycles. The molecule has 1 aliphatic carbocycles. The molecule has 0 radical (unpaired) electrons. The van der Waals surface area contributed by atoms with Gasteiger partial charge in [0.25, 0.3) is 5.91 Å². The predicted molar refractivity (Wildman–Crippen MR) is 113 cm³/mol. The van der Waals surface area contributed by atoms with E-state index in [1.165, 1.54) is 6.07 Å². The van der Waals surface area contributed by atoms with Gasteiger partial charge in [0.1, 0.15) is 5.82 Å². The number of rotatable bonds is 4. The minimum absolute atomic E-state index is 0.101. The van der Waals surface area contributed by atoms with E-state index in [2.05, 4.69) is 17.2 Å². The fraction of sp³-hybridized carbons (Fsp3) is 0.565. The Kier molecular flexibility index (Phi) is 5.23. The molecule has 0 atom stereocenters. The lowest BCUT2D eigenvalue weighted by Crippen LogP contribution is -2.45. The van der Waals surface area contributed by atoms with Crippen LogP contribution in [0.2, 0.25) is 0 Å². The van der Waals surface area contributed by atoms with Gasteiger partial charge < -0.3 is 15.3 Å². The van der Waals surface area contributed by atoms with Crippen molar-refractivity contribution in [2.24, 2.45) is 11.8 Å². The molecule has 2 fully saturated rings. The fourth-order valence-corrected chi connectivity index (χ4v) is 4.61. The van der Waals surface area contributed by atoms with E-state index in [0.717, 1.165) is 38.8 Å². The van der Waals surface area contributed by atoms with Crippen LogP contribution in [-0.4, -0.2) is 40.7 Å². The standard InChI is InChI=1S/C23H30FN3O2/c1-14-12-27(13-14)21-10-20-15(9-19(21)24)8-16(11-25-20)22(28)26-18-6-4-17(5-7-18)23(2,3)29/h8-11,14,17-18,29H,4-7,12-13H2,1-3H3,(H,26,28)/t17-,18-. The van der Waals surface area contributed by atoms with E-state index < -0.39 is 5.60 Å². The molecule has 1 saturated heterocycles. The summed E-state index contributed by atoms with van der Waals surface area (Å²) < 4.78 is 14.6. The number of carbonyl (C=O) groups is 1. The minimum Gasteiger partial charge on any atom is -0.390 e. The number of pyridine rings is 1. The van der Waals surface area contributed by atoms with Crippen LogP contribution >= 0.6 is 0 Å². The average molecular weight is 400 g/mol. The smallest absolute Gasteiger partial charge is 0.253 e. The average Bonchev–Trinajstić information content (AvgIpc) is 2.64. The second-order valence-electron chi connectivity index (χ2n) is 9.41. The molecular formula is C23H30FN3O2. The number of fused-ring (bicyclic) bond motifs is 1. The minimum atomic E-state index is -0.672. The third-order valence-corrected chi connectivity index (χ3v) is 6.48. The molecule has 2 aliphatic rings. The Morgan fingerprint density at radius 3 is 2.52 bits per heavy atom. The van der Waals surface area contributed by atoms with E-state index in [1.54, 1.807) is 18.3 Å². The van der Waals surface area contributed by atoms with E-state index in [1.807, 2.05) is 18.7 Å². The van der Waals surface area contributed by atoms with Gasteiger partial charge in [-0.3, -0.25) is 9.78 Å². The number of carbonyl (C=O) groups excluding carboxylic acids is 1. The van der Waals surface area contributed by atoms with Crippen LogP contribution in [0.1, 0.15) is 56.8 Å². The quantitative estimate of drug-likeness (QED) is 0.819. The van der Waals surface area contributed by atoms with Crippen LogP contribution in [0.3, 0.4) is 0 Å². The highest BCUT2D eigenvalue weighted by Crippen LogP contribution is 2.33. The van der Waals surface area contributed by atoms with Crippen molar-refractivity contribution in [3.8, 4) is 0 Å². The Morgan fingerprint density at radius 2 is 1.90 bits per heavy atom. The van der Waals surface area contributed by atoms with Gasteiger partial charge in [-0.2, -0.15) is 0 Å². The fourth-order valence-electron chi connectivity index (χ4n) is 4.61. The monoisotopic (exact) mass is 399 g/mol.